The number of benzene rings is 1. The Morgan fingerprint density at radius 2 is 2.26 bits per heavy atom. The van der Waals surface area contributed by atoms with E-state index >= 15 is 0 Å². The normalized spacial score (nSPS) is 10.0. The van der Waals surface area contributed by atoms with Crippen LogP contribution in [0.1, 0.15) is 25.3 Å². The molecule has 0 bridgehead atoms. The molecule has 104 valence electrons. The van der Waals surface area contributed by atoms with Crippen molar-refractivity contribution < 1.29 is 9.53 Å². The van der Waals surface area contributed by atoms with E-state index in [-0.39, 0.29) is 17.5 Å². The zero-order valence-corrected chi connectivity index (χ0v) is 12.3. The molecule has 0 aromatic heterocycles. The first kappa shape index (κ1) is 15.7. The highest BCUT2D eigenvalue weighted by Crippen LogP contribution is 2.23. The fraction of sp³-hybridized carbons (Fsp3) is 0.385. The Bertz CT molecular complexity index is 466. The van der Waals surface area contributed by atoms with Crippen molar-refractivity contribution in [1.82, 2.24) is 5.32 Å². The van der Waals surface area contributed by atoms with Crippen molar-refractivity contribution in [3.8, 4) is 5.75 Å². The van der Waals surface area contributed by atoms with E-state index in [1.807, 2.05) is 0 Å². The van der Waals surface area contributed by atoms with Crippen LogP contribution in [-0.4, -0.2) is 24.0 Å². The fourth-order valence-electron chi connectivity index (χ4n) is 1.42. The van der Waals surface area contributed by atoms with E-state index in [0.29, 0.717) is 22.9 Å². The van der Waals surface area contributed by atoms with E-state index in [4.69, 9.17) is 34.3 Å². The first-order valence-corrected chi connectivity index (χ1v) is 6.82. The molecule has 3 N–H and O–H groups in total. The van der Waals surface area contributed by atoms with Crippen LogP contribution >= 0.6 is 23.8 Å². The molecule has 1 aromatic carbocycles. The van der Waals surface area contributed by atoms with Gasteiger partial charge in [0.1, 0.15) is 10.7 Å². The van der Waals surface area contributed by atoms with E-state index in [0.717, 1.165) is 12.8 Å². The largest absolute Gasteiger partial charge is 0.483 e. The number of hydrogen-bond donors (Lipinski definition) is 2. The van der Waals surface area contributed by atoms with Crippen LogP contribution in [0.2, 0.25) is 5.02 Å². The van der Waals surface area contributed by atoms with Crippen LogP contribution in [0.4, 0.5) is 0 Å². The predicted molar refractivity (Wildman–Crippen MR) is 80.8 cm³/mol. The van der Waals surface area contributed by atoms with Crippen molar-refractivity contribution in [2.24, 2.45) is 5.73 Å². The summed E-state index contributed by atoms with van der Waals surface area (Å²) >= 11 is 10.8. The first-order valence-electron chi connectivity index (χ1n) is 6.03. The number of thiocarbonyl (C=S) groups is 1. The number of nitrogens with two attached hydrogens (primary N) is 1. The van der Waals surface area contributed by atoms with E-state index in [1.54, 1.807) is 18.2 Å². The molecule has 19 heavy (non-hydrogen) atoms. The zero-order valence-electron chi connectivity index (χ0n) is 10.7. The Morgan fingerprint density at radius 3 is 2.89 bits per heavy atom. The molecule has 0 saturated carbocycles. The minimum absolute atomic E-state index is 0.0837. The van der Waals surface area contributed by atoms with Crippen LogP contribution in [0.3, 0.4) is 0 Å². The third-order valence-electron chi connectivity index (χ3n) is 2.42. The number of ether oxygens (including phenoxy) is 1. The Morgan fingerprint density at radius 1 is 1.53 bits per heavy atom. The highest BCUT2D eigenvalue weighted by atomic mass is 35.5. The SMILES string of the molecule is CCCCNC(=O)COc1cc(Cl)ccc1C(N)=S. The Labute approximate surface area is 123 Å². The van der Waals surface area contributed by atoms with Gasteiger partial charge in [-0.1, -0.05) is 37.2 Å². The van der Waals surface area contributed by atoms with Gasteiger partial charge in [-0.15, -0.1) is 0 Å². The van der Waals surface area contributed by atoms with Crippen molar-refractivity contribution in [3.05, 3.63) is 28.8 Å². The topological polar surface area (TPSA) is 64.3 Å². The van der Waals surface area contributed by atoms with Gasteiger partial charge in [0.25, 0.3) is 5.91 Å². The van der Waals surface area contributed by atoms with Crippen molar-refractivity contribution in [3.63, 3.8) is 0 Å². The van der Waals surface area contributed by atoms with Crippen molar-refractivity contribution in [2.45, 2.75) is 19.8 Å². The van der Waals surface area contributed by atoms with Crippen molar-refractivity contribution in [1.29, 1.82) is 0 Å². The molecule has 0 atom stereocenters. The summed E-state index contributed by atoms with van der Waals surface area (Å²) in [6.45, 7) is 2.62. The number of amides is 1. The lowest BCUT2D eigenvalue weighted by Crippen LogP contribution is -2.30. The van der Waals surface area contributed by atoms with Gasteiger partial charge in [-0.05, 0) is 24.6 Å². The van der Waals surface area contributed by atoms with Gasteiger partial charge in [0.15, 0.2) is 6.61 Å². The van der Waals surface area contributed by atoms with Crippen LogP contribution in [-0.2, 0) is 4.79 Å². The fourth-order valence-corrected chi connectivity index (χ4v) is 1.75. The van der Waals surface area contributed by atoms with Crippen LogP contribution in [0.5, 0.6) is 5.75 Å². The highest BCUT2D eigenvalue weighted by Gasteiger charge is 2.09. The van der Waals surface area contributed by atoms with Gasteiger partial charge in [-0.3, -0.25) is 4.79 Å². The molecule has 0 heterocycles. The molecular weight excluding hydrogens is 284 g/mol. The van der Waals surface area contributed by atoms with Crippen LogP contribution in [0.25, 0.3) is 0 Å². The first-order chi connectivity index (χ1) is 9.04. The molecule has 0 aliphatic carbocycles. The number of carbonyl (C=O) groups excluding carboxylic acids is 1. The van der Waals surface area contributed by atoms with E-state index in [9.17, 15) is 4.79 Å². The number of unbranched alkanes of at least 4 members (excludes halogenated alkanes) is 1. The molecule has 1 amide bonds. The van der Waals surface area contributed by atoms with Gasteiger partial charge in [0, 0.05) is 11.6 Å². The standard InChI is InChI=1S/C13H17ClN2O2S/c1-2-3-6-16-12(17)8-18-11-7-9(14)4-5-10(11)13(15)19/h4-5,7H,2-3,6,8H2,1H3,(H2,15,19)(H,16,17). The lowest BCUT2D eigenvalue weighted by atomic mass is 10.2. The van der Waals surface area contributed by atoms with Crippen LogP contribution in [0, 0.1) is 0 Å². The molecule has 0 aliphatic heterocycles. The Balaban J connectivity index is 2.59. The average Bonchev–Trinajstić information content (AvgIpc) is 2.36. The van der Waals surface area contributed by atoms with E-state index in [1.165, 1.54) is 0 Å². The predicted octanol–water partition coefficient (Wildman–Crippen LogP) is 2.27. The molecule has 0 fully saturated rings. The van der Waals surface area contributed by atoms with E-state index in [2.05, 4.69) is 12.2 Å². The molecule has 6 heteroatoms. The van der Waals surface area contributed by atoms with Crippen molar-refractivity contribution >= 4 is 34.7 Å². The maximum absolute atomic E-state index is 11.5. The van der Waals surface area contributed by atoms with Gasteiger partial charge >= 0.3 is 0 Å². The lowest BCUT2D eigenvalue weighted by molar-refractivity contribution is -0.123. The van der Waals surface area contributed by atoms with Crippen molar-refractivity contribution in [2.75, 3.05) is 13.2 Å². The summed E-state index contributed by atoms with van der Waals surface area (Å²) in [6, 6.07) is 4.94. The summed E-state index contributed by atoms with van der Waals surface area (Å²) in [5.41, 5.74) is 6.15. The summed E-state index contributed by atoms with van der Waals surface area (Å²) < 4.78 is 5.41. The average molecular weight is 301 g/mol. The smallest absolute Gasteiger partial charge is 0.257 e. The number of carbonyl (C=O) groups is 1. The minimum Gasteiger partial charge on any atom is -0.483 e. The van der Waals surface area contributed by atoms with Gasteiger partial charge in [-0.2, -0.15) is 0 Å². The second-order valence-corrected chi connectivity index (χ2v) is 4.87. The molecule has 0 spiro atoms. The summed E-state index contributed by atoms with van der Waals surface area (Å²) in [7, 11) is 0. The molecule has 0 radical (unpaired) electrons. The van der Waals surface area contributed by atoms with Crippen LogP contribution < -0.4 is 15.8 Å². The molecule has 0 saturated heterocycles. The number of nitrogens with one attached hydrogen (secondary N) is 1. The second kappa shape index (κ2) is 7.96. The Kier molecular flexibility index (Phi) is 6.59. The number of hydrogen-bond acceptors (Lipinski definition) is 3. The molecule has 1 rings (SSSR count). The number of halogens is 1. The molecule has 4 nitrogen and oxygen atoms in total. The van der Waals surface area contributed by atoms with Gasteiger partial charge in [0.2, 0.25) is 0 Å². The second-order valence-electron chi connectivity index (χ2n) is 4.00. The molecular formula is C13H17ClN2O2S. The third kappa shape index (κ3) is 5.44. The van der Waals surface area contributed by atoms with Gasteiger partial charge in [-0.25, -0.2) is 0 Å². The zero-order chi connectivity index (χ0) is 14.3. The van der Waals surface area contributed by atoms with E-state index < -0.39 is 0 Å². The summed E-state index contributed by atoms with van der Waals surface area (Å²) in [5.74, 6) is 0.243. The monoisotopic (exact) mass is 300 g/mol. The van der Waals surface area contributed by atoms with Crippen LogP contribution in [0.15, 0.2) is 18.2 Å². The summed E-state index contributed by atoms with van der Waals surface area (Å²) in [5, 5.41) is 3.26. The molecule has 0 unspecified atom stereocenters. The minimum atomic E-state index is -0.178. The molecule has 1 aromatic rings. The maximum Gasteiger partial charge on any atom is 0.257 e. The summed E-state index contributed by atoms with van der Waals surface area (Å²) in [6.07, 6.45) is 1.97. The summed E-state index contributed by atoms with van der Waals surface area (Å²) in [4.78, 5) is 11.7. The Hall–Kier alpha value is -1.33. The molecule has 0 aliphatic rings. The highest BCUT2D eigenvalue weighted by molar-refractivity contribution is 7.80. The third-order valence-corrected chi connectivity index (χ3v) is 2.88. The number of rotatable bonds is 7. The van der Waals surface area contributed by atoms with Gasteiger partial charge in [0.05, 0.1) is 5.56 Å². The van der Waals surface area contributed by atoms with Gasteiger partial charge < -0.3 is 15.8 Å². The lowest BCUT2D eigenvalue weighted by Gasteiger charge is -2.11. The quantitative estimate of drug-likeness (QED) is 0.599. The maximum atomic E-state index is 11.5.